The van der Waals surface area contributed by atoms with Gasteiger partial charge in [0.05, 0.1) is 4.92 Å². The summed E-state index contributed by atoms with van der Waals surface area (Å²) in [4.78, 5) is 17.2. The third-order valence-electron chi connectivity index (χ3n) is 4.59. The number of halogens is 6. The molecule has 0 radical (unpaired) electrons. The van der Waals surface area contributed by atoms with Crippen LogP contribution >= 0.6 is 0 Å². The second kappa shape index (κ2) is 8.92. The van der Waals surface area contributed by atoms with E-state index in [1.807, 2.05) is 5.32 Å². The van der Waals surface area contributed by atoms with Gasteiger partial charge in [-0.25, -0.2) is 4.98 Å². The van der Waals surface area contributed by atoms with Gasteiger partial charge in [-0.3, -0.25) is 10.1 Å². The van der Waals surface area contributed by atoms with Crippen LogP contribution in [0.4, 0.5) is 43.8 Å². The topological polar surface area (TPSA) is 107 Å². The van der Waals surface area contributed by atoms with Crippen LogP contribution in [0.5, 0.6) is 0 Å². The van der Waals surface area contributed by atoms with Crippen molar-refractivity contribution < 1.29 is 31.3 Å². The number of nitrogen functional groups attached to an aromatic ring is 1. The van der Waals surface area contributed by atoms with Crippen LogP contribution in [0.2, 0.25) is 0 Å². The largest absolute Gasteiger partial charge is 0.412 e. The predicted molar refractivity (Wildman–Crippen MR) is 106 cm³/mol. The first-order chi connectivity index (χ1) is 15.4. The Morgan fingerprint density at radius 1 is 0.848 bits per heavy atom. The summed E-state index contributed by atoms with van der Waals surface area (Å²) in [5, 5.41) is 13.4. The molecule has 3 N–H and O–H groups in total. The Morgan fingerprint density at radius 3 is 1.82 bits per heavy atom. The fourth-order valence-corrected chi connectivity index (χ4v) is 3.22. The highest BCUT2D eigenvalue weighted by molar-refractivity contribution is 5.61. The first kappa shape index (κ1) is 23.8. The Kier molecular flexibility index (Phi) is 6.42. The zero-order chi connectivity index (χ0) is 24.4. The molecule has 0 fully saturated rings. The van der Waals surface area contributed by atoms with Gasteiger partial charge in [0, 0.05) is 0 Å². The van der Waals surface area contributed by atoms with Crippen molar-refractivity contribution >= 4 is 17.5 Å². The van der Waals surface area contributed by atoms with Crippen molar-refractivity contribution in [3.63, 3.8) is 0 Å². The Balaban J connectivity index is 2.19. The fraction of sp³-hybridized carbons (Fsp3) is 0.200. The van der Waals surface area contributed by atoms with Crippen molar-refractivity contribution in [3.8, 4) is 0 Å². The second-order valence-electron chi connectivity index (χ2n) is 6.84. The molecule has 3 rings (SSSR count). The highest BCUT2D eigenvalue weighted by atomic mass is 19.4. The normalized spacial score (nSPS) is 13.9. The number of nitrogens with zero attached hydrogens (tertiary/aromatic N) is 3. The number of nitrogens with one attached hydrogen (secondary N) is 1. The first-order valence-corrected chi connectivity index (χ1v) is 9.21. The molecule has 2 atom stereocenters. The molecule has 33 heavy (non-hydrogen) atoms. The number of nitrogens with two attached hydrogens (primary N) is 1. The number of hydrogen-bond acceptors (Lipinski definition) is 6. The molecular formula is C20H15F6N5O2. The van der Waals surface area contributed by atoms with Crippen LogP contribution in [0.25, 0.3) is 0 Å². The van der Waals surface area contributed by atoms with Gasteiger partial charge >= 0.3 is 18.0 Å². The minimum atomic E-state index is -5.08. The molecule has 0 saturated carbocycles. The quantitative estimate of drug-likeness (QED) is 0.284. The van der Waals surface area contributed by atoms with Crippen molar-refractivity contribution in [1.82, 2.24) is 9.97 Å². The molecule has 1 heterocycles. The van der Waals surface area contributed by atoms with E-state index in [0.29, 0.717) is 0 Å². The molecule has 0 aliphatic carbocycles. The highest BCUT2D eigenvalue weighted by Gasteiger charge is 2.48. The number of anilines is 2. The van der Waals surface area contributed by atoms with Crippen LogP contribution in [0, 0.1) is 10.1 Å². The third kappa shape index (κ3) is 5.30. The number of nitro groups is 1. The standard InChI is InChI=1S/C20H15F6N5O2/c21-19(22,23)13(11-7-3-1-4-8-11)14-15(31(32)33)17(27)30-18(28-14)29-16(20(24,25)26)12-9-5-2-6-10-12/h1-10,13,16H,(H3,27,28,29,30). The molecule has 13 heteroatoms. The predicted octanol–water partition coefficient (Wildman–Crippen LogP) is 5.38. The van der Waals surface area contributed by atoms with Gasteiger partial charge in [-0.15, -0.1) is 0 Å². The maximum Gasteiger partial charge on any atom is 0.412 e. The maximum atomic E-state index is 14.0. The SMILES string of the molecule is Nc1nc(NC(c2ccccc2)C(F)(F)F)nc(C(c2ccccc2)C(F)(F)F)c1[N+](=O)[O-]. The zero-order valence-electron chi connectivity index (χ0n) is 16.4. The summed E-state index contributed by atoms with van der Waals surface area (Å²) in [5.41, 5.74) is 2.42. The Hall–Kier alpha value is -3.90. The van der Waals surface area contributed by atoms with E-state index in [2.05, 4.69) is 9.97 Å². The Morgan fingerprint density at radius 2 is 1.36 bits per heavy atom. The van der Waals surface area contributed by atoms with Crippen LogP contribution in [-0.2, 0) is 0 Å². The zero-order valence-corrected chi connectivity index (χ0v) is 16.4. The van der Waals surface area contributed by atoms with Crippen LogP contribution in [0.15, 0.2) is 60.7 Å². The van der Waals surface area contributed by atoms with E-state index in [1.54, 1.807) is 0 Å². The minimum absolute atomic E-state index is 0.275. The van der Waals surface area contributed by atoms with Gasteiger partial charge in [0.2, 0.25) is 11.8 Å². The summed E-state index contributed by atoms with van der Waals surface area (Å²) in [7, 11) is 0. The average Bonchev–Trinajstić information content (AvgIpc) is 2.71. The molecule has 0 amide bonds. The summed E-state index contributed by atoms with van der Waals surface area (Å²) in [6, 6.07) is 10.1. The third-order valence-corrected chi connectivity index (χ3v) is 4.59. The van der Waals surface area contributed by atoms with Crippen LogP contribution in [0.3, 0.4) is 0 Å². The number of rotatable bonds is 6. The summed E-state index contributed by atoms with van der Waals surface area (Å²) < 4.78 is 83.0. The molecular weight excluding hydrogens is 456 g/mol. The number of benzene rings is 2. The molecule has 0 spiro atoms. The van der Waals surface area contributed by atoms with Crippen molar-refractivity contribution in [2.24, 2.45) is 0 Å². The highest BCUT2D eigenvalue weighted by Crippen LogP contribution is 2.44. The molecule has 174 valence electrons. The molecule has 0 aliphatic rings. The summed E-state index contributed by atoms with van der Waals surface area (Å²) >= 11 is 0. The van der Waals surface area contributed by atoms with Gasteiger partial charge < -0.3 is 11.1 Å². The van der Waals surface area contributed by atoms with E-state index in [-0.39, 0.29) is 5.56 Å². The summed E-state index contributed by atoms with van der Waals surface area (Å²) in [6.45, 7) is 0. The van der Waals surface area contributed by atoms with Crippen molar-refractivity contribution in [3.05, 3.63) is 87.6 Å². The van der Waals surface area contributed by atoms with E-state index in [0.717, 1.165) is 24.3 Å². The number of hydrogen-bond donors (Lipinski definition) is 2. The van der Waals surface area contributed by atoms with Crippen molar-refractivity contribution in [1.29, 1.82) is 0 Å². The van der Waals surface area contributed by atoms with Gasteiger partial charge in [-0.2, -0.15) is 31.3 Å². The molecule has 3 aromatic rings. The monoisotopic (exact) mass is 471 g/mol. The van der Waals surface area contributed by atoms with Crippen molar-refractivity contribution in [2.75, 3.05) is 11.1 Å². The fourth-order valence-electron chi connectivity index (χ4n) is 3.22. The molecule has 0 aliphatic heterocycles. The lowest BCUT2D eigenvalue weighted by molar-refractivity contribution is -0.385. The van der Waals surface area contributed by atoms with E-state index in [1.165, 1.54) is 36.4 Å². The Bertz CT molecular complexity index is 1120. The molecule has 0 bridgehead atoms. The smallest absolute Gasteiger partial charge is 0.378 e. The summed E-state index contributed by atoms with van der Waals surface area (Å²) in [5.74, 6) is -4.58. The van der Waals surface area contributed by atoms with Gasteiger partial charge in [0.1, 0.15) is 11.6 Å². The van der Waals surface area contributed by atoms with Crippen LogP contribution in [0.1, 0.15) is 28.8 Å². The van der Waals surface area contributed by atoms with Crippen LogP contribution in [-0.4, -0.2) is 27.2 Å². The number of alkyl halides is 6. The minimum Gasteiger partial charge on any atom is -0.378 e. The van der Waals surface area contributed by atoms with E-state index < -0.39 is 57.9 Å². The Labute approximate surface area is 182 Å². The molecule has 7 nitrogen and oxygen atoms in total. The molecule has 1 aromatic heterocycles. The molecule has 0 saturated heterocycles. The lowest BCUT2D eigenvalue weighted by Crippen LogP contribution is -2.30. The molecule has 2 aromatic carbocycles. The van der Waals surface area contributed by atoms with Gasteiger partial charge in [0.15, 0.2) is 6.04 Å². The lowest BCUT2D eigenvalue weighted by Gasteiger charge is -2.24. The van der Waals surface area contributed by atoms with E-state index in [4.69, 9.17) is 5.73 Å². The van der Waals surface area contributed by atoms with Gasteiger partial charge in [-0.05, 0) is 11.1 Å². The first-order valence-electron chi connectivity index (χ1n) is 9.21. The maximum absolute atomic E-state index is 14.0. The van der Waals surface area contributed by atoms with E-state index >= 15 is 0 Å². The average molecular weight is 471 g/mol. The summed E-state index contributed by atoms with van der Waals surface area (Å²) in [6.07, 6.45) is -9.97. The lowest BCUT2D eigenvalue weighted by atomic mass is 9.93. The molecule has 2 unspecified atom stereocenters. The number of aromatic nitrogens is 2. The second-order valence-corrected chi connectivity index (χ2v) is 6.84. The van der Waals surface area contributed by atoms with Crippen molar-refractivity contribution in [2.45, 2.75) is 24.3 Å². The van der Waals surface area contributed by atoms with Gasteiger partial charge in [0.25, 0.3) is 0 Å². The van der Waals surface area contributed by atoms with E-state index in [9.17, 15) is 36.5 Å². The van der Waals surface area contributed by atoms with Gasteiger partial charge in [-0.1, -0.05) is 60.7 Å². The van der Waals surface area contributed by atoms with Crippen LogP contribution < -0.4 is 11.1 Å².